The maximum Gasteiger partial charge on any atom is 0.416 e. The molecule has 0 radical (unpaired) electrons. The summed E-state index contributed by atoms with van der Waals surface area (Å²) in [5, 5.41) is 10.9. The molecule has 1 saturated heterocycles. The molecule has 1 aliphatic heterocycles. The molecule has 4 nitrogen and oxygen atoms in total. The highest BCUT2D eigenvalue weighted by Gasteiger charge is 2.31. The van der Waals surface area contributed by atoms with Crippen molar-refractivity contribution in [2.45, 2.75) is 18.6 Å². The van der Waals surface area contributed by atoms with E-state index in [1.807, 2.05) is 0 Å². The Bertz CT molecular complexity index is 476. The summed E-state index contributed by atoms with van der Waals surface area (Å²) in [6.45, 7) is 0.917. The van der Waals surface area contributed by atoms with Gasteiger partial charge in [0.05, 0.1) is 11.6 Å². The molecule has 2 N–H and O–H groups in total. The molecule has 1 amide bonds. The van der Waals surface area contributed by atoms with Gasteiger partial charge in [0.2, 0.25) is 0 Å². The lowest BCUT2D eigenvalue weighted by Crippen LogP contribution is -2.36. The molecule has 1 aliphatic rings. The molecule has 0 aromatic heterocycles. The monoisotopic (exact) mass is 274 g/mol. The fraction of sp³-hybridized carbons (Fsp3) is 0.417. The summed E-state index contributed by atoms with van der Waals surface area (Å²) < 4.78 is 37.8. The number of hydrogen-bond donors (Lipinski definition) is 2. The van der Waals surface area contributed by atoms with E-state index >= 15 is 0 Å². The summed E-state index contributed by atoms with van der Waals surface area (Å²) in [5.41, 5.74) is -0.232. The van der Waals surface area contributed by atoms with E-state index < -0.39 is 17.8 Å². The molecule has 7 heteroatoms. The molecule has 0 spiro atoms. The minimum absolute atomic E-state index is 0.243. The van der Waals surface area contributed by atoms with Crippen LogP contribution in [0.25, 0.3) is 0 Å². The molecule has 1 aromatic carbocycles. The van der Waals surface area contributed by atoms with Crippen LogP contribution in [0.4, 0.5) is 23.7 Å². The van der Waals surface area contributed by atoms with Crippen molar-refractivity contribution in [3.8, 4) is 0 Å². The Balaban J connectivity index is 2.09. The van der Waals surface area contributed by atoms with E-state index in [1.165, 1.54) is 6.07 Å². The van der Waals surface area contributed by atoms with Gasteiger partial charge >= 0.3 is 12.3 Å². The molecule has 0 saturated carbocycles. The quantitative estimate of drug-likeness (QED) is 0.871. The van der Waals surface area contributed by atoms with Gasteiger partial charge in [0.15, 0.2) is 0 Å². The lowest BCUT2D eigenvalue weighted by atomic mass is 10.2. The maximum atomic E-state index is 12.6. The third kappa shape index (κ3) is 3.30. The number of nitrogens with zero attached hydrogens (tertiary/aromatic N) is 1. The van der Waals surface area contributed by atoms with Gasteiger partial charge in [-0.25, -0.2) is 4.79 Å². The largest absolute Gasteiger partial charge is 0.465 e. The first-order chi connectivity index (χ1) is 8.86. The summed E-state index contributed by atoms with van der Waals surface area (Å²) in [4.78, 5) is 12.3. The number of amides is 1. The molecule has 0 unspecified atom stereocenters. The van der Waals surface area contributed by atoms with Gasteiger partial charge in [-0.1, -0.05) is 6.07 Å². The van der Waals surface area contributed by atoms with Gasteiger partial charge in [0, 0.05) is 18.8 Å². The van der Waals surface area contributed by atoms with Gasteiger partial charge in [0.1, 0.15) is 0 Å². The number of alkyl halides is 3. The lowest BCUT2D eigenvalue weighted by molar-refractivity contribution is -0.137. The number of carboxylic acid groups (broad SMARTS) is 1. The zero-order valence-electron chi connectivity index (χ0n) is 9.94. The number of halogens is 3. The van der Waals surface area contributed by atoms with Crippen molar-refractivity contribution in [1.29, 1.82) is 0 Å². The zero-order valence-corrected chi connectivity index (χ0v) is 9.94. The van der Waals surface area contributed by atoms with Crippen LogP contribution in [0.2, 0.25) is 0 Å². The minimum atomic E-state index is -4.37. The van der Waals surface area contributed by atoms with Gasteiger partial charge < -0.3 is 15.3 Å². The highest BCUT2D eigenvalue weighted by molar-refractivity contribution is 5.65. The molecule has 0 aliphatic carbocycles. The van der Waals surface area contributed by atoms with Crippen LogP contribution in [0.3, 0.4) is 0 Å². The fourth-order valence-corrected chi connectivity index (χ4v) is 2.17. The first-order valence-corrected chi connectivity index (χ1v) is 5.78. The predicted octanol–water partition coefficient (Wildman–Crippen LogP) is 2.55. The Morgan fingerprint density at radius 1 is 1.42 bits per heavy atom. The molecule has 1 fully saturated rings. The predicted molar refractivity (Wildman–Crippen MR) is 63.2 cm³/mol. The average Bonchev–Trinajstić information content (AvgIpc) is 2.76. The Kier molecular flexibility index (Phi) is 3.55. The Morgan fingerprint density at radius 3 is 2.79 bits per heavy atom. The lowest BCUT2D eigenvalue weighted by Gasteiger charge is -2.20. The number of rotatable bonds is 2. The van der Waals surface area contributed by atoms with E-state index in [0.29, 0.717) is 25.2 Å². The Hall–Kier alpha value is -1.92. The van der Waals surface area contributed by atoms with E-state index in [9.17, 15) is 18.0 Å². The van der Waals surface area contributed by atoms with Crippen LogP contribution >= 0.6 is 0 Å². The number of hydrogen-bond acceptors (Lipinski definition) is 2. The molecule has 1 heterocycles. The van der Waals surface area contributed by atoms with Crippen LogP contribution in [0.1, 0.15) is 12.0 Å². The van der Waals surface area contributed by atoms with Crippen molar-refractivity contribution in [3.63, 3.8) is 0 Å². The van der Waals surface area contributed by atoms with Gasteiger partial charge in [0.25, 0.3) is 0 Å². The third-order valence-corrected chi connectivity index (χ3v) is 3.05. The Morgan fingerprint density at radius 2 is 2.16 bits per heavy atom. The normalized spacial score (nSPS) is 19.5. The Labute approximate surface area is 107 Å². The zero-order chi connectivity index (χ0) is 14.0. The summed E-state index contributed by atoms with van der Waals surface area (Å²) in [6.07, 6.45) is -4.90. The molecular weight excluding hydrogens is 261 g/mol. The molecular formula is C12H13F3N2O2. The minimum Gasteiger partial charge on any atom is -0.465 e. The second kappa shape index (κ2) is 4.99. The van der Waals surface area contributed by atoms with Crippen LogP contribution in [0, 0.1) is 0 Å². The van der Waals surface area contributed by atoms with Crippen LogP contribution in [0.5, 0.6) is 0 Å². The fourth-order valence-electron chi connectivity index (χ4n) is 2.17. The van der Waals surface area contributed by atoms with Gasteiger partial charge in [-0.2, -0.15) is 13.2 Å². The van der Waals surface area contributed by atoms with Crippen LogP contribution in [-0.2, 0) is 6.18 Å². The third-order valence-electron chi connectivity index (χ3n) is 3.05. The number of nitrogens with one attached hydrogen (secondary N) is 1. The first-order valence-electron chi connectivity index (χ1n) is 5.78. The molecule has 2 rings (SSSR count). The molecule has 1 aromatic rings. The SMILES string of the molecule is O=C(O)N[C@@H]1CCN(c2cccc(C(F)(F)F)c2)C1. The smallest absolute Gasteiger partial charge is 0.416 e. The van der Waals surface area contributed by atoms with Crippen LogP contribution in [-0.4, -0.2) is 30.3 Å². The summed E-state index contributed by atoms with van der Waals surface area (Å²) in [7, 11) is 0. The highest BCUT2D eigenvalue weighted by Crippen LogP contribution is 2.32. The van der Waals surface area contributed by atoms with Crippen molar-refractivity contribution in [2.24, 2.45) is 0 Å². The summed E-state index contributed by atoms with van der Waals surface area (Å²) in [5.74, 6) is 0. The van der Waals surface area contributed by atoms with Gasteiger partial charge in [-0.15, -0.1) is 0 Å². The second-order valence-electron chi connectivity index (χ2n) is 4.43. The van der Waals surface area contributed by atoms with Crippen molar-refractivity contribution in [2.75, 3.05) is 18.0 Å². The maximum absolute atomic E-state index is 12.6. The van der Waals surface area contributed by atoms with Gasteiger partial charge in [-0.05, 0) is 24.6 Å². The number of benzene rings is 1. The van der Waals surface area contributed by atoms with E-state index in [0.717, 1.165) is 12.1 Å². The van der Waals surface area contributed by atoms with E-state index in [-0.39, 0.29) is 6.04 Å². The molecule has 19 heavy (non-hydrogen) atoms. The van der Waals surface area contributed by atoms with Crippen molar-refractivity contribution < 1.29 is 23.1 Å². The summed E-state index contributed by atoms with van der Waals surface area (Å²) >= 11 is 0. The van der Waals surface area contributed by atoms with Crippen LogP contribution in [0.15, 0.2) is 24.3 Å². The van der Waals surface area contributed by atoms with Crippen molar-refractivity contribution in [3.05, 3.63) is 29.8 Å². The van der Waals surface area contributed by atoms with E-state index in [4.69, 9.17) is 5.11 Å². The van der Waals surface area contributed by atoms with E-state index in [2.05, 4.69) is 5.32 Å². The molecule has 0 bridgehead atoms. The number of anilines is 1. The number of carbonyl (C=O) groups is 1. The summed E-state index contributed by atoms with van der Waals surface area (Å²) in [6, 6.07) is 4.82. The topological polar surface area (TPSA) is 52.6 Å². The van der Waals surface area contributed by atoms with Crippen molar-refractivity contribution >= 4 is 11.8 Å². The molecule has 104 valence electrons. The second-order valence-corrected chi connectivity index (χ2v) is 4.43. The average molecular weight is 274 g/mol. The first kappa shape index (κ1) is 13.5. The standard InChI is InChI=1S/C12H13F3N2O2/c13-12(14,15)8-2-1-3-10(6-8)17-5-4-9(7-17)16-11(18)19/h1-3,6,9,16H,4-5,7H2,(H,18,19)/t9-/m1/s1. The molecule has 1 atom stereocenters. The van der Waals surface area contributed by atoms with Crippen molar-refractivity contribution in [1.82, 2.24) is 5.32 Å². The van der Waals surface area contributed by atoms with Gasteiger partial charge in [-0.3, -0.25) is 0 Å². The van der Waals surface area contributed by atoms with Crippen LogP contribution < -0.4 is 10.2 Å². The highest BCUT2D eigenvalue weighted by atomic mass is 19.4. The van der Waals surface area contributed by atoms with E-state index in [1.54, 1.807) is 11.0 Å².